The summed E-state index contributed by atoms with van der Waals surface area (Å²) < 4.78 is 17.3. The van der Waals surface area contributed by atoms with Crippen LogP contribution in [0.25, 0.3) is 22.0 Å². The predicted octanol–water partition coefficient (Wildman–Crippen LogP) is 5.63. The molecule has 0 radical (unpaired) electrons. The number of rotatable bonds is 3. The fourth-order valence-corrected chi connectivity index (χ4v) is 6.37. The topological polar surface area (TPSA) is 44.3 Å². The SMILES string of the molecule is C=C1C2(C(C)CC)c3c(O)c(F)c(C)c(O)c3-c3c4ccccc4cc[n+]3C12CC. The molecule has 0 spiro atoms. The van der Waals surface area contributed by atoms with Crippen LogP contribution in [-0.2, 0) is 11.0 Å². The van der Waals surface area contributed by atoms with E-state index in [9.17, 15) is 10.2 Å². The number of phenols is 2. The van der Waals surface area contributed by atoms with Crippen LogP contribution in [-0.4, -0.2) is 10.2 Å². The number of allylic oxidation sites excluding steroid dienone is 1. The summed E-state index contributed by atoms with van der Waals surface area (Å²) >= 11 is 0. The largest absolute Gasteiger partial charge is 0.507 e. The number of aromatic nitrogens is 1. The van der Waals surface area contributed by atoms with Gasteiger partial charge in [0.15, 0.2) is 17.8 Å². The molecule has 5 rings (SSSR count). The maximum absolute atomic E-state index is 15.1. The molecule has 2 N–H and O–H groups in total. The minimum atomic E-state index is -0.743. The molecule has 1 aliphatic carbocycles. The maximum Gasteiger partial charge on any atom is 0.225 e. The van der Waals surface area contributed by atoms with Crippen LogP contribution in [0.4, 0.5) is 4.39 Å². The van der Waals surface area contributed by atoms with E-state index in [0.717, 1.165) is 34.9 Å². The summed E-state index contributed by atoms with van der Waals surface area (Å²) in [6.45, 7) is 12.3. The highest BCUT2D eigenvalue weighted by atomic mass is 19.1. The van der Waals surface area contributed by atoms with Crippen LogP contribution in [0.5, 0.6) is 11.5 Å². The van der Waals surface area contributed by atoms with Gasteiger partial charge in [-0.1, -0.05) is 52.0 Å². The molecule has 1 aromatic heterocycles. The van der Waals surface area contributed by atoms with Crippen molar-refractivity contribution in [3.8, 4) is 22.8 Å². The third kappa shape index (κ3) is 1.76. The van der Waals surface area contributed by atoms with Gasteiger partial charge in [-0.05, 0) is 24.3 Å². The zero-order valence-corrected chi connectivity index (χ0v) is 17.9. The van der Waals surface area contributed by atoms with Crippen LogP contribution in [0.2, 0.25) is 0 Å². The Bertz CT molecular complexity index is 1260. The lowest BCUT2D eigenvalue weighted by Crippen LogP contribution is -2.56. The van der Waals surface area contributed by atoms with E-state index >= 15 is 4.39 Å². The van der Waals surface area contributed by atoms with Crippen molar-refractivity contribution in [2.24, 2.45) is 5.92 Å². The van der Waals surface area contributed by atoms with Crippen LogP contribution >= 0.6 is 0 Å². The van der Waals surface area contributed by atoms with Crippen molar-refractivity contribution in [3.05, 3.63) is 65.6 Å². The van der Waals surface area contributed by atoms with Crippen LogP contribution in [0.15, 0.2) is 48.7 Å². The number of aromatic hydroxyl groups is 2. The third-order valence-corrected chi connectivity index (χ3v) is 7.95. The summed E-state index contributed by atoms with van der Waals surface area (Å²) in [7, 11) is 0. The number of hydrogen-bond donors (Lipinski definition) is 2. The number of pyridine rings is 1. The Morgan fingerprint density at radius 1 is 1.13 bits per heavy atom. The molecule has 30 heavy (non-hydrogen) atoms. The quantitative estimate of drug-likeness (QED) is 0.338. The monoisotopic (exact) mass is 404 g/mol. The van der Waals surface area contributed by atoms with Crippen LogP contribution in [0, 0.1) is 18.7 Å². The van der Waals surface area contributed by atoms with Gasteiger partial charge in [-0.2, -0.15) is 4.57 Å². The number of benzene rings is 2. The molecule has 3 aromatic rings. The van der Waals surface area contributed by atoms with E-state index in [1.54, 1.807) is 0 Å². The summed E-state index contributed by atoms with van der Waals surface area (Å²) in [5.41, 5.74) is 1.82. The van der Waals surface area contributed by atoms with Crippen LogP contribution in [0.3, 0.4) is 0 Å². The Balaban J connectivity index is 2.08. The number of nitrogens with zero attached hydrogens (tertiary/aromatic N) is 1. The summed E-state index contributed by atoms with van der Waals surface area (Å²) in [5.74, 6) is -1.08. The smallest absolute Gasteiger partial charge is 0.225 e. The van der Waals surface area contributed by atoms with E-state index in [4.69, 9.17) is 0 Å². The summed E-state index contributed by atoms with van der Waals surface area (Å²) in [6, 6.07) is 10.1. The van der Waals surface area contributed by atoms with Crippen molar-refractivity contribution in [3.63, 3.8) is 0 Å². The molecule has 3 unspecified atom stereocenters. The van der Waals surface area contributed by atoms with Crippen LogP contribution in [0.1, 0.15) is 44.7 Å². The second-order valence-electron chi connectivity index (χ2n) is 8.82. The zero-order valence-electron chi connectivity index (χ0n) is 17.9. The average Bonchev–Trinajstić information content (AvgIpc) is 3.34. The van der Waals surface area contributed by atoms with E-state index < -0.39 is 16.8 Å². The van der Waals surface area contributed by atoms with Crippen molar-refractivity contribution >= 4 is 10.8 Å². The molecule has 1 aliphatic heterocycles. The van der Waals surface area contributed by atoms with Crippen molar-refractivity contribution in [2.75, 3.05) is 0 Å². The highest BCUT2D eigenvalue weighted by Gasteiger charge is 2.84. The van der Waals surface area contributed by atoms with Gasteiger partial charge in [0.1, 0.15) is 5.75 Å². The molecule has 3 atom stereocenters. The molecule has 0 saturated heterocycles. The summed E-state index contributed by atoms with van der Waals surface area (Å²) in [6.07, 6.45) is 3.68. The fourth-order valence-electron chi connectivity index (χ4n) is 6.37. The van der Waals surface area contributed by atoms with Crippen molar-refractivity contribution < 1.29 is 19.2 Å². The molecule has 2 heterocycles. The maximum atomic E-state index is 15.1. The lowest BCUT2D eigenvalue weighted by atomic mass is 9.71. The second-order valence-corrected chi connectivity index (χ2v) is 8.82. The van der Waals surface area contributed by atoms with E-state index in [-0.39, 0.29) is 23.0 Å². The lowest BCUT2D eigenvalue weighted by Gasteiger charge is -2.33. The van der Waals surface area contributed by atoms with Gasteiger partial charge >= 0.3 is 0 Å². The summed E-state index contributed by atoms with van der Waals surface area (Å²) in [5, 5.41) is 24.3. The first kappa shape index (κ1) is 19.1. The normalized spacial score (nSPS) is 24.9. The highest BCUT2D eigenvalue weighted by Crippen LogP contribution is 2.75. The van der Waals surface area contributed by atoms with Gasteiger partial charge in [-0.15, -0.1) is 0 Å². The molecule has 1 fully saturated rings. The molecule has 2 aromatic carbocycles. The van der Waals surface area contributed by atoms with Gasteiger partial charge in [0.25, 0.3) is 0 Å². The predicted molar refractivity (Wildman–Crippen MR) is 116 cm³/mol. The Morgan fingerprint density at radius 2 is 1.83 bits per heavy atom. The molecular weight excluding hydrogens is 377 g/mol. The average molecular weight is 405 g/mol. The molecule has 4 heteroatoms. The number of hydrogen-bond acceptors (Lipinski definition) is 2. The summed E-state index contributed by atoms with van der Waals surface area (Å²) in [4.78, 5) is 0. The van der Waals surface area contributed by atoms with E-state index in [0.29, 0.717) is 11.1 Å². The number of phenolic OH excluding ortho intramolecular Hbond substituents is 2. The molecule has 0 amide bonds. The fraction of sp³-hybridized carbons (Fsp3) is 0.346. The van der Waals surface area contributed by atoms with Gasteiger partial charge in [-0.3, -0.25) is 0 Å². The van der Waals surface area contributed by atoms with Gasteiger partial charge in [-0.25, -0.2) is 4.39 Å². The van der Waals surface area contributed by atoms with E-state index in [1.165, 1.54) is 6.92 Å². The van der Waals surface area contributed by atoms with Crippen LogP contribution < -0.4 is 4.57 Å². The molecule has 154 valence electrons. The minimum Gasteiger partial charge on any atom is -0.507 e. The first-order valence-electron chi connectivity index (χ1n) is 10.7. The first-order valence-corrected chi connectivity index (χ1v) is 10.7. The van der Waals surface area contributed by atoms with Gasteiger partial charge in [0, 0.05) is 29.2 Å². The third-order valence-electron chi connectivity index (χ3n) is 7.95. The first-order chi connectivity index (χ1) is 14.3. The molecular formula is C26H27FNO2+. The molecule has 1 saturated carbocycles. The van der Waals surface area contributed by atoms with Gasteiger partial charge in [0.2, 0.25) is 11.2 Å². The lowest BCUT2D eigenvalue weighted by molar-refractivity contribution is -0.731. The van der Waals surface area contributed by atoms with Crippen molar-refractivity contribution in [1.29, 1.82) is 0 Å². The standard InChI is InChI=1S/C26H26FNO2/c1-6-14(3)26-16(5)25(26,7-2)28-13-12-17-10-8-9-11-18(17)22(28)19-20(26)24(30)21(27)15(4)23(19)29/h8-14,30H,5-7H2,1-4H3/p+1. The highest BCUT2D eigenvalue weighted by molar-refractivity contribution is 5.98. The van der Waals surface area contributed by atoms with Crippen molar-refractivity contribution in [2.45, 2.75) is 51.5 Å². The van der Waals surface area contributed by atoms with E-state index in [1.807, 2.05) is 24.3 Å². The Labute approximate surface area is 176 Å². The number of halogens is 1. The van der Waals surface area contributed by atoms with Gasteiger partial charge in [0.05, 0.1) is 16.4 Å². The Hall–Kier alpha value is -2.88. The zero-order chi connectivity index (χ0) is 21.6. The Kier molecular flexibility index (Phi) is 3.72. The Morgan fingerprint density at radius 3 is 2.50 bits per heavy atom. The minimum absolute atomic E-state index is 0.0697. The molecule has 2 aliphatic rings. The number of fused-ring (bicyclic) bond motifs is 8. The van der Waals surface area contributed by atoms with Gasteiger partial charge < -0.3 is 10.2 Å². The molecule has 0 bridgehead atoms. The van der Waals surface area contributed by atoms with Crippen molar-refractivity contribution in [1.82, 2.24) is 0 Å². The molecule has 3 nitrogen and oxygen atoms in total. The second kappa shape index (κ2) is 5.84. The van der Waals surface area contributed by atoms with E-state index in [2.05, 4.69) is 44.2 Å².